The first-order valence-corrected chi connectivity index (χ1v) is 5.83. The highest BCUT2D eigenvalue weighted by atomic mass is 16.5. The predicted octanol–water partition coefficient (Wildman–Crippen LogP) is 3.32. The average molecular weight is 256 g/mol. The highest BCUT2D eigenvalue weighted by molar-refractivity contribution is 5.62. The lowest BCUT2D eigenvalue weighted by molar-refractivity contribution is 0.431. The number of hydrogen-bond donors (Lipinski definition) is 1. The van der Waals surface area contributed by atoms with Crippen molar-refractivity contribution in [3.63, 3.8) is 0 Å². The Labute approximate surface area is 109 Å². The number of aromatic hydroxyl groups is 1. The Bertz CT molecular complexity index is 728. The van der Waals surface area contributed by atoms with E-state index in [0.717, 1.165) is 22.5 Å². The fourth-order valence-corrected chi connectivity index (χ4v) is 1.86. The molecule has 0 aliphatic heterocycles. The average Bonchev–Trinajstić information content (AvgIpc) is 3.01. The van der Waals surface area contributed by atoms with Gasteiger partial charge in [0.05, 0.1) is 11.8 Å². The summed E-state index contributed by atoms with van der Waals surface area (Å²) in [6.07, 6.45) is 1.59. The van der Waals surface area contributed by atoms with Crippen LogP contribution in [0.25, 0.3) is 22.8 Å². The van der Waals surface area contributed by atoms with Gasteiger partial charge in [-0.3, -0.25) is 0 Å². The third-order valence-corrected chi connectivity index (χ3v) is 2.97. The minimum Gasteiger partial charge on any atom is -0.508 e. The first-order chi connectivity index (χ1) is 9.15. The van der Waals surface area contributed by atoms with Crippen molar-refractivity contribution >= 4 is 0 Å². The number of aryl methyl sites for hydroxylation is 2. The van der Waals surface area contributed by atoms with E-state index in [9.17, 15) is 5.11 Å². The molecule has 0 saturated heterocycles. The van der Waals surface area contributed by atoms with E-state index >= 15 is 0 Å². The Kier molecular flexibility index (Phi) is 2.59. The molecule has 2 heterocycles. The maximum absolute atomic E-state index is 9.50. The van der Waals surface area contributed by atoms with Crippen molar-refractivity contribution < 1.29 is 14.0 Å². The van der Waals surface area contributed by atoms with Crippen LogP contribution >= 0.6 is 0 Å². The minimum atomic E-state index is 0.245. The van der Waals surface area contributed by atoms with Crippen LogP contribution in [0.3, 0.4) is 0 Å². The topological polar surface area (TPSA) is 72.3 Å². The van der Waals surface area contributed by atoms with Gasteiger partial charge in [0.15, 0.2) is 0 Å². The largest absolute Gasteiger partial charge is 0.508 e. The van der Waals surface area contributed by atoms with Crippen LogP contribution < -0.4 is 0 Å². The van der Waals surface area contributed by atoms with Gasteiger partial charge in [-0.1, -0.05) is 5.16 Å². The van der Waals surface area contributed by atoms with Crippen molar-refractivity contribution in [2.75, 3.05) is 0 Å². The van der Waals surface area contributed by atoms with Crippen LogP contribution in [0.1, 0.15) is 11.3 Å². The zero-order valence-corrected chi connectivity index (χ0v) is 10.5. The molecule has 0 radical (unpaired) electrons. The van der Waals surface area contributed by atoms with E-state index in [4.69, 9.17) is 8.94 Å². The molecule has 5 heteroatoms. The summed E-state index contributed by atoms with van der Waals surface area (Å²) < 4.78 is 10.5. The van der Waals surface area contributed by atoms with E-state index in [1.54, 1.807) is 30.5 Å². The fourth-order valence-electron chi connectivity index (χ4n) is 1.86. The van der Waals surface area contributed by atoms with Gasteiger partial charge in [-0.2, -0.15) is 4.98 Å². The van der Waals surface area contributed by atoms with Gasteiger partial charge < -0.3 is 14.0 Å². The Morgan fingerprint density at radius 3 is 2.68 bits per heavy atom. The van der Waals surface area contributed by atoms with E-state index in [1.807, 2.05) is 13.8 Å². The quantitative estimate of drug-likeness (QED) is 0.761. The Balaban J connectivity index is 2.01. The maximum atomic E-state index is 9.50. The summed E-state index contributed by atoms with van der Waals surface area (Å²) in [5.41, 5.74) is 2.34. The first-order valence-electron chi connectivity index (χ1n) is 5.83. The number of phenolic OH excluding ortho intramolecular Hbond substituents is 1. The number of phenols is 1. The standard InChI is InChI=1S/C14H12N2O3/c1-8-7-10(3-4-12(8)17)14-15-13(16-19-14)11-5-6-18-9(11)2/h3-7,17H,1-2H3. The second kappa shape index (κ2) is 4.28. The molecular formula is C14H12N2O3. The van der Waals surface area contributed by atoms with E-state index in [1.165, 1.54) is 0 Å². The van der Waals surface area contributed by atoms with Crippen LogP contribution in [-0.4, -0.2) is 15.2 Å². The summed E-state index contributed by atoms with van der Waals surface area (Å²) >= 11 is 0. The molecule has 0 saturated carbocycles. The van der Waals surface area contributed by atoms with Crippen LogP contribution in [0.15, 0.2) is 39.5 Å². The summed E-state index contributed by atoms with van der Waals surface area (Å²) in [4.78, 5) is 4.34. The summed E-state index contributed by atoms with van der Waals surface area (Å²) in [5.74, 6) is 1.90. The van der Waals surface area contributed by atoms with Crippen LogP contribution in [0.5, 0.6) is 5.75 Å². The van der Waals surface area contributed by atoms with Crippen LogP contribution in [0.4, 0.5) is 0 Å². The van der Waals surface area contributed by atoms with Gasteiger partial charge in [0.1, 0.15) is 11.5 Å². The summed E-state index contributed by atoms with van der Waals surface area (Å²) in [5, 5.41) is 13.4. The molecule has 96 valence electrons. The molecular weight excluding hydrogens is 244 g/mol. The van der Waals surface area contributed by atoms with Gasteiger partial charge in [0.2, 0.25) is 5.82 Å². The number of aromatic nitrogens is 2. The first kappa shape index (κ1) is 11.5. The molecule has 0 spiro atoms. The molecule has 3 aromatic rings. The predicted molar refractivity (Wildman–Crippen MR) is 68.6 cm³/mol. The maximum Gasteiger partial charge on any atom is 0.258 e. The zero-order chi connectivity index (χ0) is 13.4. The molecule has 0 atom stereocenters. The van der Waals surface area contributed by atoms with Crippen molar-refractivity contribution in [1.29, 1.82) is 0 Å². The molecule has 0 amide bonds. The van der Waals surface area contributed by atoms with Crippen molar-refractivity contribution in [2.45, 2.75) is 13.8 Å². The smallest absolute Gasteiger partial charge is 0.258 e. The lowest BCUT2D eigenvalue weighted by Crippen LogP contribution is -1.82. The van der Waals surface area contributed by atoms with Crippen molar-refractivity contribution in [3.8, 4) is 28.6 Å². The van der Waals surface area contributed by atoms with E-state index in [-0.39, 0.29) is 5.75 Å². The zero-order valence-electron chi connectivity index (χ0n) is 10.5. The van der Waals surface area contributed by atoms with E-state index < -0.39 is 0 Å². The Morgan fingerprint density at radius 1 is 1.16 bits per heavy atom. The normalized spacial score (nSPS) is 10.8. The lowest BCUT2D eigenvalue weighted by Gasteiger charge is -1.99. The van der Waals surface area contributed by atoms with Gasteiger partial charge in [-0.25, -0.2) is 0 Å². The lowest BCUT2D eigenvalue weighted by atomic mass is 10.1. The van der Waals surface area contributed by atoms with Crippen molar-refractivity contribution in [2.24, 2.45) is 0 Å². The number of rotatable bonds is 2. The SMILES string of the molecule is Cc1cc(-c2nc(-c3ccoc3C)no2)ccc1O. The third kappa shape index (κ3) is 1.99. The fraction of sp³-hybridized carbons (Fsp3) is 0.143. The molecule has 5 nitrogen and oxygen atoms in total. The molecule has 2 aromatic heterocycles. The second-order valence-electron chi connectivity index (χ2n) is 4.31. The number of nitrogens with zero attached hydrogens (tertiary/aromatic N) is 2. The third-order valence-electron chi connectivity index (χ3n) is 2.97. The summed E-state index contributed by atoms with van der Waals surface area (Å²) in [6.45, 7) is 3.66. The minimum absolute atomic E-state index is 0.245. The van der Waals surface area contributed by atoms with Gasteiger partial charge in [0.25, 0.3) is 5.89 Å². The molecule has 0 aliphatic rings. The molecule has 19 heavy (non-hydrogen) atoms. The van der Waals surface area contributed by atoms with Gasteiger partial charge in [-0.15, -0.1) is 0 Å². The summed E-state index contributed by atoms with van der Waals surface area (Å²) in [6, 6.07) is 6.94. The van der Waals surface area contributed by atoms with E-state index in [0.29, 0.717) is 11.7 Å². The number of benzene rings is 1. The molecule has 0 fully saturated rings. The molecule has 0 bridgehead atoms. The highest BCUT2D eigenvalue weighted by Crippen LogP contribution is 2.27. The van der Waals surface area contributed by atoms with Crippen LogP contribution in [-0.2, 0) is 0 Å². The van der Waals surface area contributed by atoms with Crippen LogP contribution in [0, 0.1) is 13.8 Å². The molecule has 0 unspecified atom stereocenters. The highest BCUT2D eigenvalue weighted by Gasteiger charge is 2.14. The molecule has 1 aromatic carbocycles. The number of hydrogen-bond acceptors (Lipinski definition) is 5. The Hall–Kier alpha value is -2.56. The van der Waals surface area contributed by atoms with E-state index in [2.05, 4.69) is 10.1 Å². The molecule has 0 aliphatic carbocycles. The molecule has 1 N–H and O–H groups in total. The van der Waals surface area contributed by atoms with Crippen LogP contribution in [0.2, 0.25) is 0 Å². The Morgan fingerprint density at radius 2 is 2.00 bits per heavy atom. The number of furan rings is 1. The van der Waals surface area contributed by atoms with Gasteiger partial charge in [-0.05, 0) is 43.7 Å². The second-order valence-corrected chi connectivity index (χ2v) is 4.31. The van der Waals surface area contributed by atoms with Gasteiger partial charge >= 0.3 is 0 Å². The van der Waals surface area contributed by atoms with Gasteiger partial charge in [0, 0.05) is 5.56 Å². The summed E-state index contributed by atoms with van der Waals surface area (Å²) in [7, 11) is 0. The van der Waals surface area contributed by atoms with Crippen molar-refractivity contribution in [1.82, 2.24) is 10.1 Å². The van der Waals surface area contributed by atoms with Crippen molar-refractivity contribution in [3.05, 3.63) is 41.9 Å². The monoisotopic (exact) mass is 256 g/mol. The molecule has 3 rings (SSSR count).